The maximum Gasteiger partial charge on any atom is 0.240 e. The average molecular weight is 403 g/mol. The molecule has 1 atom stereocenters. The first-order chi connectivity index (χ1) is 13.3. The summed E-state index contributed by atoms with van der Waals surface area (Å²) in [6.07, 6.45) is 0.0384. The summed E-state index contributed by atoms with van der Waals surface area (Å²) >= 11 is 0. The maximum atomic E-state index is 12.6. The van der Waals surface area contributed by atoms with Crippen molar-refractivity contribution < 1.29 is 13.2 Å². The second kappa shape index (κ2) is 8.74. The van der Waals surface area contributed by atoms with Crippen molar-refractivity contribution in [1.29, 1.82) is 0 Å². The molecule has 28 heavy (non-hydrogen) atoms. The quantitative estimate of drug-likeness (QED) is 0.805. The van der Waals surface area contributed by atoms with E-state index in [0.29, 0.717) is 24.6 Å². The molecule has 1 N–H and O–H groups in total. The summed E-state index contributed by atoms with van der Waals surface area (Å²) in [5.74, 6) is 0. The van der Waals surface area contributed by atoms with Crippen LogP contribution in [0.25, 0.3) is 0 Å². The second-order valence-corrected chi connectivity index (χ2v) is 10.0. The van der Waals surface area contributed by atoms with Gasteiger partial charge in [-0.05, 0) is 28.7 Å². The van der Waals surface area contributed by atoms with Crippen LogP contribution < -0.4 is 4.72 Å². The van der Waals surface area contributed by atoms with Crippen LogP contribution in [0, 0.1) is 0 Å². The first-order valence-corrected chi connectivity index (χ1v) is 11.2. The van der Waals surface area contributed by atoms with Crippen LogP contribution in [0.4, 0.5) is 0 Å². The van der Waals surface area contributed by atoms with Crippen molar-refractivity contribution in [1.82, 2.24) is 9.62 Å². The number of hydrogen-bond donors (Lipinski definition) is 1. The zero-order valence-corrected chi connectivity index (χ0v) is 17.7. The van der Waals surface area contributed by atoms with E-state index in [4.69, 9.17) is 4.74 Å². The van der Waals surface area contributed by atoms with E-state index in [-0.39, 0.29) is 11.5 Å². The third kappa shape index (κ3) is 5.41. The lowest BCUT2D eigenvalue weighted by Crippen LogP contribution is -2.42. The molecular weight excluding hydrogens is 372 g/mol. The third-order valence-corrected chi connectivity index (χ3v) is 6.55. The molecule has 2 aromatic carbocycles. The summed E-state index contributed by atoms with van der Waals surface area (Å²) < 4.78 is 33.7. The van der Waals surface area contributed by atoms with E-state index in [2.05, 4.69) is 42.5 Å². The molecule has 1 heterocycles. The molecular formula is C22H30N2O3S. The highest BCUT2D eigenvalue weighted by atomic mass is 32.2. The molecule has 1 fully saturated rings. The van der Waals surface area contributed by atoms with Crippen molar-refractivity contribution in [2.75, 3.05) is 32.8 Å². The predicted octanol–water partition coefficient (Wildman–Crippen LogP) is 3.34. The Morgan fingerprint density at radius 1 is 1.07 bits per heavy atom. The van der Waals surface area contributed by atoms with Gasteiger partial charge in [-0.25, -0.2) is 13.1 Å². The largest absolute Gasteiger partial charge is 0.371 e. The SMILES string of the molecule is CC(C)(C)c1ccc(S(=O)(=O)NCCN2CCO[C@@H](c3ccccc3)C2)cc1. The Balaban J connectivity index is 1.53. The van der Waals surface area contributed by atoms with E-state index in [1.807, 2.05) is 30.3 Å². The molecule has 0 aliphatic carbocycles. The minimum atomic E-state index is -3.50. The minimum Gasteiger partial charge on any atom is -0.371 e. The number of rotatable bonds is 6. The van der Waals surface area contributed by atoms with Crippen LogP contribution in [0.3, 0.4) is 0 Å². The molecule has 1 aliphatic heterocycles. The van der Waals surface area contributed by atoms with E-state index >= 15 is 0 Å². The number of ether oxygens (including phenoxy) is 1. The van der Waals surface area contributed by atoms with Crippen LogP contribution >= 0.6 is 0 Å². The zero-order chi connectivity index (χ0) is 20.2. The highest BCUT2D eigenvalue weighted by molar-refractivity contribution is 7.89. The molecule has 0 bridgehead atoms. The van der Waals surface area contributed by atoms with Crippen LogP contribution in [0.2, 0.25) is 0 Å². The highest BCUT2D eigenvalue weighted by Gasteiger charge is 2.22. The van der Waals surface area contributed by atoms with Crippen molar-refractivity contribution in [3.63, 3.8) is 0 Å². The summed E-state index contributed by atoms with van der Waals surface area (Å²) in [5, 5.41) is 0. The molecule has 6 heteroatoms. The summed E-state index contributed by atoms with van der Waals surface area (Å²) in [7, 11) is -3.50. The molecule has 5 nitrogen and oxygen atoms in total. The fraction of sp³-hybridized carbons (Fsp3) is 0.455. The van der Waals surface area contributed by atoms with Gasteiger partial charge in [0.15, 0.2) is 0 Å². The van der Waals surface area contributed by atoms with Crippen LogP contribution in [-0.2, 0) is 20.2 Å². The van der Waals surface area contributed by atoms with Gasteiger partial charge in [0.05, 0.1) is 17.6 Å². The van der Waals surface area contributed by atoms with Gasteiger partial charge in [0.1, 0.15) is 0 Å². The number of benzene rings is 2. The summed E-state index contributed by atoms with van der Waals surface area (Å²) in [6, 6.07) is 17.3. The molecule has 1 aliphatic rings. The molecule has 0 aromatic heterocycles. The lowest BCUT2D eigenvalue weighted by Gasteiger charge is -2.33. The minimum absolute atomic E-state index is 0.00134. The van der Waals surface area contributed by atoms with Crippen molar-refractivity contribution in [3.05, 3.63) is 65.7 Å². The average Bonchev–Trinajstić information content (AvgIpc) is 2.68. The molecule has 0 radical (unpaired) electrons. The van der Waals surface area contributed by atoms with Gasteiger partial charge in [-0.2, -0.15) is 0 Å². The molecule has 2 aromatic rings. The molecule has 3 rings (SSSR count). The third-order valence-electron chi connectivity index (χ3n) is 5.07. The Kier molecular flexibility index (Phi) is 6.55. The monoisotopic (exact) mass is 402 g/mol. The van der Waals surface area contributed by atoms with Gasteiger partial charge < -0.3 is 4.74 Å². The number of nitrogens with zero attached hydrogens (tertiary/aromatic N) is 1. The first-order valence-electron chi connectivity index (χ1n) is 9.75. The van der Waals surface area contributed by atoms with Gasteiger partial charge >= 0.3 is 0 Å². The fourth-order valence-electron chi connectivity index (χ4n) is 3.33. The first kappa shape index (κ1) is 21.0. The maximum absolute atomic E-state index is 12.6. The molecule has 0 unspecified atom stereocenters. The van der Waals surface area contributed by atoms with Crippen LogP contribution in [0.1, 0.15) is 38.0 Å². The van der Waals surface area contributed by atoms with E-state index < -0.39 is 10.0 Å². The Hall–Kier alpha value is -1.73. The van der Waals surface area contributed by atoms with Crippen LogP contribution in [0.5, 0.6) is 0 Å². The standard InChI is InChI=1S/C22H30N2O3S/c1-22(2,3)19-9-11-20(12-10-19)28(25,26)23-13-14-24-15-16-27-21(17-24)18-7-5-4-6-8-18/h4-12,21,23H,13-17H2,1-3H3/t21-/m1/s1. The summed E-state index contributed by atoms with van der Waals surface area (Å²) in [4.78, 5) is 2.55. The van der Waals surface area contributed by atoms with Crippen molar-refractivity contribution in [2.24, 2.45) is 0 Å². The number of sulfonamides is 1. The van der Waals surface area contributed by atoms with Gasteiger partial charge in [-0.15, -0.1) is 0 Å². The van der Waals surface area contributed by atoms with E-state index in [0.717, 1.165) is 24.2 Å². The van der Waals surface area contributed by atoms with E-state index in [1.54, 1.807) is 12.1 Å². The summed E-state index contributed by atoms with van der Waals surface area (Å²) in [6.45, 7) is 9.61. The van der Waals surface area contributed by atoms with Crippen molar-refractivity contribution >= 4 is 10.0 Å². The molecule has 1 saturated heterocycles. The molecule has 152 valence electrons. The number of nitrogens with one attached hydrogen (secondary N) is 1. The predicted molar refractivity (Wildman–Crippen MR) is 112 cm³/mol. The number of morpholine rings is 1. The topological polar surface area (TPSA) is 58.6 Å². The lowest BCUT2D eigenvalue weighted by atomic mass is 9.87. The normalized spacial score (nSPS) is 18.9. The Labute approximate surface area is 168 Å². The van der Waals surface area contributed by atoms with Gasteiger partial charge in [0, 0.05) is 26.2 Å². The lowest BCUT2D eigenvalue weighted by molar-refractivity contribution is -0.0291. The fourth-order valence-corrected chi connectivity index (χ4v) is 4.35. The van der Waals surface area contributed by atoms with Gasteiger partial charge in [-0.1, -0.05) is 63.2 Å². The van der Waals surface area contributed by atoms with Gasteiger partial charge in [-0.3, -0.25) is 4.90 Å². The molecule has 0 saturated carbocycles. The van der Waals surface area contributed by atoms with Gasteiger partial charge in [0.25, 0.3) is 0 Å². The second-order valence-electron chi connectivity index (χ2n) is 8.24. The zero-order valence-electron chi connectivity index (χ0n) is 16.9. The Morgan fingerprint density at radius 3 is 2.39 bits per heavy atom. The number of hydrogen-bond acceptors (Lipinski definition) is 4. The van der Waals surface area contributed by atoms with E-state index in [9.17, 15) is 8.42 Å². The molecule has 0 spiro atoms. The van der Waals surface area contributed by atoms with Crippen molar-refractivity contribution in [2.45, 2.75) is 37.2 Å². The Morgan fingerprint density at radius 2 is 1.75 bits per heavy atom. The highest BCUT2D eigenvalue weighted by Crippen LogP contribution is 2.24. The Bertz CT molecular complexity index is 859. The van der Waals surface area contributed by atoms with Crippen molar-refractivity contribution in [3.8, 4) is 0 Å². The van der Waals surface area contributed by atoms with Crippen LogP contribution in [-0.4, -0.2) is 46.1 Å². The van der Waals surface area contributed by atoms with Gasteiger partial charge in [0.2, 0.25) is 10.0 Å². The van der Waals surface area contributed by atoms with Crippen LogP contribution in [0.15, 0.2) is 59.5 Å². The molecule has 0 amide bonds. The van der Waals surface area contributed by atoms with E-state index in [1.165, 1.54) is 0 Å². The summed E-state index contributed by atoms with van der Waals surface area (Å²) in [5.41, 5.74) is 2.28. The smallest absolute Gasteiger partial charge is 0.240 e.